The van der Waals surface area contributed by atoms with Gasteiger partial charge in [0.2, 0.25) is 0 Å². The maximum atomic E-state index is 11.1. The average Bonchev–Trinajstić information content (AvgIpc) is 2.36. The zero-order valence-electron chi connectivity index (χ0n) is 10.0. The molecule has 0 amide bonds. The van der Waals surface area contributed by atoms with Gasteiger partial charge in [-0.1, -0.05) is 18.2 Å². The molecule has 0 radical (unpaired) electrons. The van der Waals surface area contributed by atoms with Crippen molar-refractivity contribution in [1.29, 1.82) is 0 Å². The molecule has 0 saturated heterocycles. The predicted molar refractivity (Wildman–Crippen MR) is 67.2 cm³/mol. The number of hydrogen-bond donors (Lipinski definition) is 1. The van der Waals surface area contributed by atoms with Crippen LogP contribution in [0.5, 0.6) is 0 Å². The molecule has 0 aromatic heterocycles. The summed E-state index contributed by atoms with van der Waals surface area (Å²) in [5.74, 6) is -0.827. The van der Waals surface area contributed by atoms with Crippen LogP contribution in [0.25, 0.3) is 0 Å². The highest BCUT2D eigenvalue weighted by Gasteiger charge is 2.22. The molecule has 1 aromatic rings. The van der Waals surface area contributed by atoms with E-state index < -0.39 is 5.97 Å². The van der Waals surface area contributed by atoms with E-state index in [0.717, 1.165) is 30.6 Å². The van der Waals surface area contributed by atoms with Crippen molar-refractivity contribution in [3.05, 3.63) is 47.5 Å². The Morgan fingerprint density at radius 1 is 1.59 bits per heavy atom. The highest BCUT2D eigenvalue weighted by Crippen LogP contribution is 2.24. The van der Waals surface area contributed by atoms with E-state index in [1.807, 2.05) is 18.2 Å². The number of fused-ring (bicyclic) bond motifs is 1. The fourth-order valence-electron chi connectivity index (χ4n) is 2.33. The smallest absolute Gasteiger partial charge is 0.335 e. The first kappa shape index (κ1) is 11.9. The molecule has 2 rings (SSSR count). The molecule has 1 aliphatic heterocycles. The second kappa shape index (κ2) is 4.72. The zero-order valence-corrected chi connectivity index (χ0v) is 10.0. The average molecular weight is 231 g/mol. The number of benzene rings is 1. The number of rotatable bonds is 3. The zero-order chi connectivity index (χ0) is 12.4. The van der Waals surface area contributed by atoms with Gasteiger partial charge in [-0.15, -0.1) is 6.58 Å². The highest BCUT2D eigenvalue weighted by molar-refractivity contribution is 5.89. The maximum absolute atomic E-state index is 11.1. The van der Waals surface area contributed by atoms with Crippen LogP contribution in [0.15, 0.2) is 30.9 Å². The third-order valence-electron chi connectivity index (χ3n) is 3.44. The molecule has 1 N–H and O–H groups in total. The summed E-state index contributed by atoms with van der Waals surface area (Å²) >= 11 is 0. The Hall–Kier alpha value is -1.61. The van der Waals surface area contributed by atoms with Crippen LogP contribution in [0.3, 0.4) is 0 Å². The van der Waals surface area contributed by atoms with Crippen LogP contribution in [0, 0.1) is 0 Å². The molecule has 0 bridgehead atoms. The third-order valence-corrected chi connectivity index (χ3v) is 3.44. The first-order valence-corrected chi connectivity index (χ1v) is 5.84. The number of nitrogens with zero attached hydrogens (tertiary/aromatic N) is 1. The van der Waals surface area contributed by atoms with Crippen molar-refractivity contribution in [3.63, 3.8) is 0 Å². The minimum Gasteiger partial charge on any atom is -0.478 e. The molecule has 1 unspecified atom stereocenters. The minimum absolute atomic E-state index is 0.330. The van der Waals surface area contributed by atoms with Crippen molar-refractivity contribution in [2.45, 2.75) is 25.9 Å². The van der Waals surface area contributed by atoms with Gasteiger partial charge in [-0.25, -0.2) is 4.79 Å². The van der Waals surface area contributed by atoms with Crippen LogP contribution in [0.1, 0.15) is 28.4 Å². The summed E-state index contributed by atoms with van der Waals surface area (Å²) in [5.41, 5.74) is 2.57. The lowest BCUT2D eigenvalue weighted by atomic mass is 9.94. The summed E-state index contributed by atoms with van der Waals surface area (Å²) in [6, 6.07) is 5.86. The lowest BCUT2D eigenvalue weighted by Gasteiger charge is -2.32. The van der Waals surface area contributed by atoms with Gasteiger partial charge in [-0.05, 0) is 30.5 Å². The molecular weight excluding hydrogens is 214 g/mol. The molecule has 0 aliphatic carbocycles. The monoisotopic (exact) mass is 231 g/mol. The van der Waals surface area contributed by atoms with E-state index in [2.05, 4.69) is 18.4 Å². The van der Waals surface area contributed by atoms with Gasteiger partial charge in [-0.2, -0.15) is 0 Å². The second-order valence-corrected chi connectivity index (χ2v) is 4.45. The van der Waals surface area contributed by atoms with Crippen LogP contribution in [0.4, 0.5) is 0 Å². The molecule has 90 valence electrons. The number of aromatic carboxylic acids is 1. The summed E-state index contributed by atoms with van der Waals surface area (Å²) < 4.78 is 0. The third kappa shape index (κ3) is 2.24. The Labute approximate surface area is 101 Å². The summed E-state index contributed by atoms with van der Waals surface area (Å²) in [6.07, 6.45) is 2.72. The molecular formula is C14H17NO2. The van der Waals surface area contributed by atoms with Crippen LogP contribution in [-0.2, 0) is 13.0 Å². The Morgan fingerprint density at radius 2 is 2.35 bits per heavy atom. The first-order valence-electron chi connectivity index (χ1n) is 5.84. The van der Waals surface area contributed by atoms with Gasteiger partial charge < -0.3 is 5.11 Å². The molecule has 1 atom stereocenters. The van der Waals surface area contributed by atoms with Crippen molar-refractivity contribution >= 4 is 5.97 Å². The van der Waals surface area contributed by atoms with Gasteiger partial charge in [0, 0.05) is 19.1 Å². The van der Waals surface area contributed by atoms with Gasteiger partial charge >= 0.3 is 5.97 Å². The quantitative estimate of drug-likeness (QED) is 0.812. The summed E-state index contributed by atoms with van der Waals surface area (Å²) in [4.78, 5) is 13.4. The Bertz CT molecular complexity index is 454. The lowest BCUT2D eigenvalue weighted by molar-refractivity contribution is 0.0694. The fraction of sp³-hybridized carbons (Fsp3) is 0.357. The second-order valence-electron chi connectivity index (χ2n) is 4.45. The molecule has 1 heterocycles. The number of carbonyl (C=O) groups is 1. The maximum Gasteiger partial charge on any atom is 0.335 e. The summed E-state index contributed by atoms with van der Waals surface area (Å²) in [7, 11) is 0. The Balaban J connectivity index is 2.31. The SMILES string of the molecule is C=CC(C)N1CCc2c(cccc2C(=O)O)C1. The van der Waals surface area contributed by atoms with Crippen molar-refractivity contribution < 1.29 is 9.90 Å². The van der Waals surface area contributed by atoms with Gasteiger partial charge in [0.05, 0.1) is 5.56 Å². The molecule has 1 aliphatic rings. The van der Waals surface area contributed by atoms with Gasteiger partial charge in [-0.3, -0.25) is 4.90 Å². The van der Waals surface area contributed by atoms with E-state index in [0.29, 0.717) is 11.6 Å². The Morgan fingerprint density at radius 3 is 3.00 bits per heavy atom. The van der Waals surface area contributed by atoms with Crippen LogP contribution in [0.2, 0.25) is 0 Å². The van der Waals surface area contributed by atoms with Crippen LogP contribution >= 0.6 is 0 Å². The van der Waals surface area contributed by atoms with Crippen molar-refractivity contribution in [2.75, 3.05) is 6.54 Å². The van der Waals surface area contributed by atoms with E-state index in [1.165, 1.54) is 0 Å². The summed E-state index contributed by atoms with van der Waals surface area (Å²) in [5, 5.41) is 9.13. The molecule has 17 heavy (non-hydrogen) atoms. The number of carboxylic acids is 1. The van der Waals surface area contributed by atoms with E-state index in [1.54, 1.807) is 6.07 Å². The van der Waals surface area contributed by atoms with Crippen molar-refractivity contribution in [3.8, 4) is 0 Å². The van der Waals surface area contributed by atoms with Gasteiger partial charge in [0.15, 0.2) is 0 Å². The number of carboxylic acid groups (broad SMARTS) is 1. The predicted octanol–water partition coefficient (Wildman–Crippen LogP) is 2.32. The van der Waals surface area contributed by atoms with Crippen LogP contribution < -0.4 is 0 Å². The van der Waals surface area contributed by atoms with E-state index in [-0.39, 0.29) is 0 Å². The topological polar surface area (TPSA) is 40.5 Å². The largest absolute Gasteiger partial charge is 0.478 e. The van der Waals surface area contributed by atoms with Crippen molar-refractivity contribution in [2.24, 2.45) is 0 Å². The van der Waals surface area contributed by atoms with E-state index in [9.17, 15) is 4.79 Å². The molecule has 0 fully saturated rings. The molecule has 3 nitrogen and oxygen atoms in total. The lowest BCUT2D eigenvalue weighted by Crippen LogP contribution is -2.37. The van der Waals surface area contributed by atoms with Crippen LogP contribution in [-0.4, -0.2) is 28.6 Å². The Kier molecular flexibility index (Phi) is 3.29. The van der Waals surface area contributed by atoms with E-state index >= 15 is 0 Å². The number of hydrogen-bond acceptors (Lipinski definition) is 2. The highest BCUT2D eigenvalue weighted by atomic mass is 16.4. The fourth-order valence-corrected chi connectivity index (χ4v) is 2.33. The van der Waals surface area contributed by atoms with Gasteiger partial charge in [0.25, 0.3) is 0 Å². The normalized spacial score (nSPS) is 17.2. The van der Waals surface area contributed by atoms with Gasteiger partial charge in [0.1, 0.15) is 0 Å². The van der Waals surface area contributed by atoms with E-state index in [4.69, 9.17) is 5.11 Å². The standard InChI is InChI=1S/C14H17NO2/c1-3-10(2)15-8-7-12-11(9-15)5-4-6-13(12)14(16)17/h3-6,10H,1,7-9H2,2H3,(H,16,17). The molecule has 0 spiro atoms. The van der Waals surface area contributed by atoms with Crippen molar-refractivity contribution in [1.82, 2.24) is 4.90 Å². The minimum atomic E-state index is -0.827. The summed E-state index contributed by atoms with van der Waals surface area (Å²) in [6.45, 7) is 7.61. The molecule has 1 aromatic carbocycles. The molecule has 3 heteroatoms. The molecule has 0 saturated carbocycles. The first-order chi connectivity index (χ1) is 8.13.